The molecule has 0 radical (unpaired) electrons. The summed E-state index contributed by atoms with van der Waals surface area (Å²) in [5.41, 5.74) is 0.143. The Labute approximate surface area is 113 Å². The van der Waals surface area contributed by atoms with Gasteiger partial charge in [-0.25, -0.2) is 4.79 Å². The summed E-state index contributed by atoms with van der Waals surface area (Å²) >= 11 is 0. The van der Waals surface area contributed by atoms with Crippen molar-refractivity contribution in [2.24, 2.45) is 14.1 Å². The summed E-state index contributed by atoms with van der Waals surface area (Å²) in [5.74, 6) is 0. The van der Waals surface area contributed by atoms with E-state index in [9.17, 15) is 9.59 Å². The molecule has 1 aromatic heterocycles. The van der Waals surface area contributed by atoms with E-state index in [-0.39, 0.29) is 16.8 Å². The van der Waals surface area contributed by atoms with E-state index in [1.165, 1.54) is 17.7 Å². The molecule has 0 saturated heterocycles. The lowest BCUT2D eigenvalue weighted by Gasteiger charge is -2.32. The van der Waals surface area contributed by atoms with Crippen LogP contribution < -0.4 is 16.6 Å². The Morgan fingerprint density at radius 2 is 1.79 bits per heavy atom. The van der Waals surface area contributed by atoms with E-state index in [1.54, 1.807) is 7.05 Å². The highest BCUT2D eigenvalue weighted by molar-refractivity contribution is 5.02. The minimum Gasteiger partial charge on any atom is -0.309 e. The first kappa shape index (κ1) is 15.7. The summed E-state index contributed by atoms with van der Waals surface area (Å²) in [5, 5.41) is 3.29. The average molecular weight is 268 g/mol. The Kier molecular flexibility index (Phi) is 4.70. The van der Waals surface area contributed by atoms with Gasteiger partial charge in [-0.15, -0.1) is 0 Å². The molecule has 0 fully saturated rings. The summed E-state index contributed by atoms with van der Waals surface area (Å²) in [7, 11) is 7.21. The second-order valence-corrected chi connectivity index (χ2v) is 5.68. The zero-order valence-electron chi connectivity index (χ0n) is 12.6. The van der Waals surface area contributed by atoms with Gasteiger partial charge in [0.05, 0.1) is 0 Å². The minimum atomic E-state index is -0.295. The lowest BCUT2D eigenvalue weighted by atomic mass is 10.0. The van der Waals surface area contributed by atoms with Gasteiger partial charge in [-0.1, -0.05) is 0 Å². The van der Waals surface area contributed by atoms with Crippen LogP contribution in [-0.2, 0) is 20.6 Å². The molecule has 0 unspecified atom stereocenters. The molecular weight excluding hydrogens is 244 g/mol. The molecule has 0 saturated carbocycles. The molecule has 0 bridgehead atoms. The maximum atomic E-state index is 11.8. The highest BCUT2D eigenvalue weighted by atomic mass is 16.2. The zero-order valence-corrected chi connectivity index (χ0v) is 12.6. The first-order chi connectivity index (χ1) is 8.66. The largest absolute Gasteiger partial charge is 0.330 e. The number of rotatable bonds is 5. The van der Waals surface area contributed by atoms with Crippen molar-refractivity contribution in [1.29, 1.82) is 0 Å². The molecule has 6 nitrogen and oxygen atoms in total. The second-order valence-electron chi connectivity index (χ2n) is 5.68. The number of aromatic nitrogens is 2. The Bertz CT molecular complexity index is 555. The van der Waals surface area contributed by atoms with E-state index < -0.39 is 0 Å². The third-order valence-corrected chi connectivity index (χ3v) is 3.70. The van der Waals surface area contributed by atoms with Gasteiger partial charge in [-0.2, -0.15) is 0 Å². The minimum absolute atomic E-state index is 0.0125. The summed E-state index contributed by atoms with van der Waals surface area (Å²) < 4.78 is 2.60. The molecule has 1 heterocycles. The van der Waals surface area contributed by atoms with Crippen LogP contribution in [0.1, 0.15) is 19.5 Å². The summed E-state index contributed by atoms with van der Waals surface area (Å²) in [6.07, 6.45) is 0. The van der Waals surface area contributed by atoms with Crippen molar-refractivity contribution in [1.82, 2.24) is 19.4 Å². The number of likely N-dealkylation sites (N-methyl/N-ethyl adjacent to an activating group) is 1. The highest BCUT2D eigenvalue weighted by Crippen LogP contribution is 2.07. The third kappa shape index (κ3) is 3.54. The van der Waals surface area contributed by atoms with Crippen LogP contribution >= 0.6 is 0 Å². The van der Waals surface area contributed by atoms with Crippen molar-refractivity contribution in [2.75, 3.05) is 20.6 Å². The monoisotopic (exact) mass is 268 g/mol. The first-order valence-electron chi connectivity index (χ1n) is 6.31. The molecular formula is C13H24N4O2. The number of nitrogens with one attached hydrogen (secondary N) is 1. The lowest BCUT2D eigenvalue weighted by Crippen LogP contribution is -2.47. The SMILES string of the molecule is CN(C)C(C)(C)CNCc1cc(=O)n(C)c(=O)n1C. The Morgan fingerprint density at radius 3 is 2.32 bits per heavy atom. The molecule has 0 aliphatic rings. The van der Waals surface area contributed by atoms with Crippen LogP contribution in [-0.4, -0.2) is 40.2 Å². The fourth-order valence-corrected chi connectivity index (χ4v) is 1.60. The van der Waals surface area contributed by atoms with Gasteiger partial charge in [0.2, 0.25) is 0 Å². The van der Waals surface area contributed by atoms with Crippen molar-refractivity contribution in [2.45, 2.75) is 25.9 Å². The molecule has 1 rings (SSSR count). The molecule has 0 spiro atoms. The average Bonchev–Trinajstić information content (AvgIpc) is 2.32. The summed E-state index contributed by atoms with van der Waals surface area (Å²) in [6, 6.07) is 1.50. The Morgan fingerprint density at radius 1 is 1.21 bits per heavy atom. The molecule has 0 atom stereocenters. The molecule has 6 heteroatoms. The van der Waals surface area contributed by atoms with Crippen molar-refractivity contribution >= 4 is 0 Å². The Hall–Kier alpha value is -1.40. The third-order valence-electron chi connectivity index (χ3n) is 3.70. The molecule has 19 heavy (non-hydrogen) atoms. The predicted molar refractivity (Wildman–Crippen MR) is 76.4 cm³/mol. The number of hydrogen-bond acceptors (Lipinski definition) is 4. The van der Waals surface area contributed by atoms with Gasteiger partial charge in [0, 0.05) is 44.5 Å². The van der Waals surface area contributed by atoms with Crippen LogP contribution in [0, 0.1) is 0 Å². The normalized spacial score (nSPS) is 12.2. The number of hydrogen-bond donors (Lipinski definition) is 1. The smallest absolute Gasteiger partial charge is 0.309 e. The molecule has 0 aromatic carbocycles. The summed E-state index contributed by atoms with van der Waals surface area (Å²) in [6.45, 7) is 5.52. The van der Waals surface area contributed by atoms with E-state index >= 15 is 0 Å². The molecule has 1 aromatic rings. The van der Waals surface area contributed by atoms with Crippen LogP contribution in [0.4, 0.5) is 0 Å². The topological polar surface area (TPSA) is 59.3 Å². The van der Waals surface area contributed by atoms with Crippen LogP contribution in [0.2, 0.25) is 0 Å². The Balaban J connectivity index is 2.81. The van der Waals surface area contributed by atoms with Crippen molar-refractivity contribution in [3.63, 3.8) is 0 Å². The molecule has 1 N–H and O–H groups in total. The quantitative estimate of drug-likeness (QED) is 0.783. The maximum Gasteiger partial charge on any atom is 0.330 e. The number of nitrogens with zero attached hydrogens (tertiary/aromatic N) is 3. The van der Waals surface area contributed by atoms with Gasteiger partial charge in [-0.3, -0.25) is 13.9 Å². The van der Waals surface area contributed by atoms with E-state index in [0.29, 0.717) is 12.2 Å². The lowest BCUT2D eigenvalue weighted by molar-refractivity contribution is 0.189. The van der Waals surface area contributed by atoms with Gasteiger partial charge in [0.15, 0.2) is 0 Å². The van der Waals surface area contributed by atoms with Gasteiger partial charge >= 0.3 is 5.69 Å². The van der Waals surface area contributed by atoms with E-state index in [0.717, 1.165) is 11.1 Å². The first-order valence-corrected chi connectivity index (χ1v) is 6.31. The standard InChI is InChI=1S/C13H24N4O2/c1-13(2,15(3)4)9-14-8-10-7-11(18)17(6)12(19)16(10)5/h7,14H,8-9H2,1-6H3. The van der Waals surface area contributed by atoms with Gasteiger partial charge < -0.3 is 10.2 Å². The van der Waals surface area contributed by atoms with Gasteiger partial charge in [-0.05, 0) is 27.9 Å². The van der Waals surface area contributed by atoms with Gasteiger partial charge in [0.25, 0.3) is 5.56 Å². The van der Waals surface area contributed by atoms with Crippen LogP contribution in [0.15, 0.2) is 15.7 Å². The molecule has 0 aliphatic carbocycles. The summed E-state index contributed by atoms with van der Waals surface area (Å²) in [4.78, 5) is 25.5. The maximum absolute atomic E-state index is 11.8. The van der Waals surface area contributed by atoms with Crippen LogP contribution in [0.3, 0.4) is 0 Å². The zero-order chi connectivity index (χ0) is 14.8. The van der Waals surface area contributed by atoms with E-state index in [4.69, 9.17) is 0 Å². The van der Waals surface area contributed by atoms with Crippen molar-refractivity contribution in [3.05, 3.63) is 32.6 Å². The fraction of sp³-hybridized carbons (Fsp3) is 0.692. The molecule has 0 amide bonds. The van der Waals surface area contributed by atoms with Crippen LogP contribution in [0.5, 0.6) is 0 Å². The van der Waals surface area contributed by atoms with Crippen molar-refractivity contribution < 1.29 is 0 Å². The molecule has 0 aliphatic heterocycles. The van der Waals surface area contributed by atoms with Crippen LogP contribution in [0.25, 0.3) is 0 Å². The van der Waals surface area contributed by atoms with E-state index in [1.807, 2.05) is 14.1 Å². The van der Waals surface area contributed by atoms with Crippen molar-refractivity contribution in [3.8, 4) is 0 Å². The second kappa shape index (κ2) is 5.71. The highest BCUT2D eigenvalue weighted by Gasteiger charge is 2.19. The molecule has 108 valence electrons. The van der Waals surface area contributed by atoms with Gasteiger partial charge in [0.1, 0.15) is 0 Å². The predicted octanol–water partition coefficient (Wildman–Crippen LogP) is -0.486. The van der Waals surface area contributed by atoms with E-state index in [2.05, 4.69) is 24.1 Å². The fourth-order valence-electron chi connectivity index (χ4n) is 1.60.